The molecule has 17 heavy (non-hydrogen) atoms. The first-order valence-electron chi connectivity index (χ1n) is 5.32. The zero-order chi connectivity index (χ0) is 13.1. The van der Waals surface area contributed by atoms with Crippen LogP contribution in [0.25, 0.3) is 0 Å². The number of hydrogen-bond acceptors (Lipinski definition) is 5. The van der Waals surface area contributed by atoms with Crippen LogP contribution in [0.4, 0.5) is 0 Å². The van der Waals surface area contributed by atoms with Crippen molar-refractivity contribution in [3.8, 4) is 0 Å². The summed E-state index contributed by atoms with van der Waals surface area (Å²) in [5.41, 5.74) is 0. The smallest absolute Gasteiger partial charge is 0.264 e. The third-order valence-electron chi connectivity index (χ3n) is 2.67. The fraction of sp³-hybridized carbons (Fsp3) is 0.778. The first kappa shape index (κ1) is 14.1. The van der Waals surface area contributed by atoms with E-state index in [9.17, 15) is 18.0 Å². The monoisotopic (exact) mass is 265 g/mol. The highest BCUT2D eigenvalue weighted by atomic mass is 32.2. The molecule has 0 aliphatic carbocycles. The second-order valence-electron chi connectivity index (χ2n) is 4.08. The summed E-state index contributed by atoms with van der Waals surface area (Å²) in [6.07, 6.45) is 1.88. The highest BCUT2D eigenvalue weighted by Crippen LogP contribution is 2.23. The Kier molecular flexibility index (Phi) is 4.61. The minimum Gasteiger partial charge on any atom is -0.286 e. The maximum atomic E-state index is 11.3. The minimum atomic E-state index is -3.92. The van der Waals surface area contributed by atoms with Crippen LogP contribution in [0.3, 0.4) is 0 Å². The zero-order valence-electron chi connectivity index (χ0n) is 9.20. The van der Waals surface area contributed by atoms with Crippen molar-refractivity contribution in [2.75, 3.05) is 5.75 Å². The van der Waals surface area contributed by atoms with E-state index in [0.29, 0.717) is 25.7 Å². The summed E-state index contributed by atoms with van der Waals surface area (Å²) in [6.45, 7) is 0. The number of rotatable bonds is 6. The number of carbonyl (C=O) groups is 2. The van der Waals surface area contributed by atoms with Crippen molar-refractivity contribution in [1.29, 1.82) is 0 Å². The van der Waals surface area contributed by atoms with Crippen molar-refractivity contribution >= 4 is 21.9 Å². The molecule has 98 valence electrons. The van der Waals surface area contributed by atoms with Crippen molar-refractivity contribution in [1.82, 2.24) is 5.06 Å². The Morgan fingerprint density at radius 3 is 2.35 bits per heavy atom. The lowest BCUT2D eigenvalue weighted by molar-refractivity contribution is -0.172. The summed E-state index contributed by atoms with van der Waals surface area (Å²) in [5, 5.41) is 9.11. The van der Waals surface area contributed by atoms with E-state index in [2.05, 4.69) is 0 Å². The first-order valence-corrected chi connectivity index (χ1v) is 6.93. The van der Waals surface area contributed by atoms with Gasteiger partial charge in [0.1, 0.15) is 0 Å². The molecule has 1 unspecified atom stereocenters. The molecule has 0 radical (unpaired) electrons. The number of carbonyl (C=O) groups excluding carboxylic acids is 2. The average Bonchev–Trinajstić information content (AvgIpc) is 2.44. The lowest BCUT2D eigenvalue weighted by Gasteiger charge is -2.06. The molecular formula is C9H15NO6S. The molecule has 1 heterocycles. The highest BCUT2D eigenvalue weighted by Gasteiger charge is 2.37. The van der Waals surface area contributed by atoms with Gasteiger partial charge in [0.2, 0.25) is 0 Å². The lowest BCUT2D eigenvalue weighted by atomic mass is 10.00. The third-order valence-corrected chi connectivity index (χ3v) is 3.47. The van der Waals surface area contributed by atoms with Crippen molar-refractivity contribution in [3.05, 3.63) is 0 Å². The maximum Gasteiger partial charge on any atom is 0.264 e. The van der Waals surface area contributed by atoms with Crippen LogP contribution < -0.4 is 0 Å². The molecule has 0 aromatic heterocycles. The van der Waals surface area contributed by atoms with Gasteiger partial charge in [-0.1, -0.05) is 12.8 Å². The van der Waals surface area contributed by atoms with Crippen molar-refractivity contribution in [2.45, 2.75) is 32.1 Å². The second kappa shape index (κ2) is 5.56. The van der Waals surface area contributed by atoms with Crippen molar-refractivity contribution in [3.63, 3.8) is 0 Å². The van der Waals surface area contributed by atoms with Crippen LogP contribution in [0.2, 0.25) is 0 Å². The fourth-order valence-corrected chi connectivity index (χ4v) is 2.33. The molecule has 0 bridgehead atoms. The molecule has 1 aliphatic rings. The van der Waals surface area contributed by atoms with Crippen molar-refractivity contribution in [2.24, 2.45) is 5.92 Å². The molecule has 7 nitrogen and oxygen atoms in total. The normalized spacial score (nSPS) is 21.3. The summed E-state index contributed by atoms with van der Waals surface area (Å²) in [7, 11) is -3.92. The Bertz CT molecular complexity index is 404. The predicted octanol–water partition coefficient (Wildman–Crippen LogP) is 0.199. The van der Waals surface area contributed by atoms with E-state index >= 15 is 0 Å². The number of unbranched alkanes of at least 4 members (excludes halogenated alkanes) is 2. The molecule has 0 saturated carbocycles. The maximum absolute atomic E-state index is 11.3. The molecule has 1 atom stereocenters. The molecule has 0 aromatic carbocycles. The Balaban J connectivity index is 2.20. The van der Waals surface area contributed by atoms with Crippen LogP contribution in [-0.4, -0.2) is 40.8 Å². The van der Waals surface area contributed by atoms with Crippen LogP contribution >= 0.6 is 0 Å². The molecule has 1 rings (SSSR count). The van der Waals surface area contributed by atoms with E-state index in [1.807, 2.05) is 0 Å². The molecule has 0 aromatic rings. The number of nitrogens with zero attached hydrogens (tertiary/aromatic N) is 1. The van der Waals surface area contributed by atoms with Gasteiger partial charge < -0.3 is 0 Å². The van der Waals surface area contributed by atoms with E-state index in [0.717, 1.165) is 0 Å². The molecule has 8 heteroatoms. The summed E-state index contributed by atoms with van der Waals surface area (Å²) in [6, 6.07) is 0. The number of imide groups is 1. The first-order chi connectivity index (χ1) is 7.81. The lowest BCUT2D eigenvalue weighted by Crippen LogP contribution is -2.26. The molecule has 1 aliphatic heterocycles. The van der Waals surface area contributed by atoms with Gasteiger partial charge in [0.25, 0.3) is 21.9 Å². The van der Waals surface area contributed by atoms with Crippen LogP contribution in [0.15, 0.2) is 0 Å². The number of amides is 2. The van der Waals surface area contributed by atoms with E-state index in [4.69, 9.17) is 9.76 Å². The van der Waals surface area contributed by atoms with Crippen LogP contribution in [0.1, 0.15) is 32.1 Å². The third kappa shape index (κ3) is 4.41. The van der Waals surface area contributed by atoms with Gasteiger partial charge in [0.15, 0.2) is 0 Å². The van der Waals surface area contributed by atoms with Gasteiger partial charge >= 0.3 is 0 Å². The number of hydroxylamine groups is 2. The fourth-order valence-electron chi connectivity index (χ4n) is 1.76. The molecule has 1 saturated heterocycles. The Morgan fingerprint density at radius 2 is 1.88 bits per heavy atom. The van der Waals surface area contributed by atoms with E-state index in [1.165, 1.54) is 0 Å². The summed E-state index contributed by atoms with van der Waals surface area (Å²) < 4.78 is 29.3. The van der Waals surface area contributed by atoms with Crippen LogP contribution in [0, 0.1) is 5.92 Å². The molecule has 2 amide bonds. The van der Waals surface area contributed by atoms with Crippen molar-refractivity contribution < 1.29 is 27.8 Å². The van der Waals surface area contributed by atoms with Gasteiger partial charge in [-0.2, -0.15) is 13.5 Å². The second-order valence-corrected chi connectivity index (χ2v) is 5.65. The Hall–Kier alpha value is -0.990. The SMILES string of the molecule is O=C1CC(CCCCCS(=O)(=O)O)C(=O)N1O. The zero-order valence-corrected chi connectivity index (χ0v) is 10.0. The van der Waals surface area contributed by atoms with Gasteiger partial charge in [-0.05, 0) is 12.8 Å². The number of hydrogen-bond donors (Lipinski definition) is 2. The van der Waals surface area contributed by atoms with E-state index in [-0.39, 0.29) is 17.2 Å². The van der Waals surface area contributed by atoms with Crippen LogP contribution in [0.5, 0.6) is 0 Å². The van der Waals surface area contributed by atoms with Gasteiger partial charge in [-0.15, -0.1) is 0 Å². The average molecular weight is 265 g/mol. The highest BCUT2D eigenvalue weighted by molar-refractivity contribution is 7.85. The summed E-state index contributed by atoms with van der Waals surface area (Å²) in [4.78, 5) is 22.2. The molecular weight excluding hydrogens is 250 g/mol. The Labute approximate surface area is 99.1 Å². The van der Waals surface area contributed by atoms with Gasteiger partial charge in [-0.25, -0.2) is 0 Å². The summed E-state index contributed by atoms with van der Waals surface area (Å²) >= 11 is 0. The topological polar surface area (TPSA) is 112 Å². The van der Waals surface area contributed by atoms with Crippen LogP contribution in [-0.2, 0) is 19.7 Å². The largest absolute Gasteiger partial charge is 0.286 e. The van der Waals surface area contributed by atoms with E-state index < -0.39 is 27.9 Å². The molecule has 2 N–H and O–H groups in total. The van der Waals surface area contributed by atoms with Gasteiger partial charge in [0.05, 0.1) is 5.75 Å². The predicted molar refractivity (Wildman–Crippen MR) is 56.6 cm³/mol. The quantitative estimate of drug-likeness (QED) is 0.307. The van der Waals surface area contributed by atoms with Gasteiger partial charge in [0, 0.05) is 12.3 Å². The van der Waals surface area contributed by atoms with Gasteiger partial charge in [-0.3, -0.25) is 19.3 Å². The summed E-state index contributed by atoms with van der Waals surface area (Å²) in [5.74, 6) is -1.99. The molecule has 0 spiro atoms. The molecule has 1 fully saturated rings. The minimum absolute atomic E-state index is 0.00757. The van der Waals surface area contributed by atoms with E-state index in [1.54, 1.807) is 0 Å². The standard InChI is InChI=1S/C9H15NO6S/c11-8-6-7(9(12)10(8)13)4-2-1-3-5-17(14,15)16/h7,13H,1-6H2,(H,14,15,16). The Morgan fingerprint density at radius 1 is 1.24 bits per heavy atom.